The van der Waals surface area contributed by atoms with Gasteiger partial charge in [0.05, 0.1) is 26.9 Å². The molecule has 0 aliphatic carbocycles. The molecule has 6 nitrogen and oxygen atoms in total. The van der Waals surface area contributed by atoms with Gasteiger partial charge in [0.2, 0.25) is 0 Å². The van der Waals surface area contributed by atoms with Gasteiger partial charge < -0.3 is 19.9 Å². The second kappa shape index (κ2) is 6.13. The first-order chi connectivity index (χ1) is 10.1. The zero-order valence-corrected chi connectivity index (χ0v) is 12.0. The van der Waals surface area contributed by atoms with Crippen molar-refractivity contribution in [3.05, 3.63) is 36.0 Å². The highest BCUT2D eigenvalue weighted by atomic mass is 16.5. The summed E-state index contributed by atoms with van der Waals surface area (Å²) >= 11 is 0. The van der Waals surface area contributed by atoms with E-state index >= 15 is 0 Å². The number of nitrogens with two attached hydrogens (primary N) is 1. The molecule has 21 heavy (non-hydrogen) atoms. The number of aromatic nitrogens is 1. The van der Waals surface area contributed by atoms with E-state index in [1.54, 1.807) is 32.4 Å². The summed E-state index contributed by atoms with van der Waals surface area (Å²) in [6.07, 6.45) is 1.52. The molecular formula is C15H16N2O4. The Morgan fingerprint density at radius 1 is 1.05 bits per heavy atom. The van der Waals surface area contributed by atoms with Crippen LogP contribution in [0.3, 0.4) is 0 Å². The van der Waals surface area contributed by atoms with Crippen LogP contribution in [0.2, 0.25) is 0 Å². The second-order valence-electron chi connectivity index (χ2n) is 4.25. The molecule has 6 heteroatoms. The first-order valence-corrected chi connectivity index (χ1v) is 6.16. The number of hydrogen-bond donors (Lipinski definition) is 1. The van der Waals surface area contributed by atoms with E-state index < -0.39 is 5.97 Å². The number of esters is 1. The fourth-order valence-electron chi connectivity index (χ4n) is 1.94. The van der Waals surface area contributed by atoms with Gasteiger partial charge in [-0.05, 0) is 23.8 Å². The highest BCUT2D eigenvalue weighted by Crippen LogP contribution is 2.32. The number of carbonyl (C=O) groups excluding carboxylic acids is 1. The quantitative estimate of drug-likeness (QED) is 0.868. The molecule has 0 atom stereocenters. The van der Waals surface area contributed by atoms with E-state index in [-0.39, 0.29) is 5.82 Å². The number of hydrogen-bond acceptors (Lipinski definition) is 6. The van der Waals surface area contributed by atoms with Gasteiger partial charge in [-0.3, -0.25) is 0 Å². The van der Waals surface area contributed by atoms with Crippen LogP contribution in [0, 0.1) is 0 Å². The van der Waals surface area contributed by atoms with Crippen LogP contribution >= 0.6 is 0 Å². The standard InChI is InChI=1S/C15H16N2O4/c1-19-10-4-9(5-11(6-10)20-2)13-8-17-14(16)7-12(13)15(18)21-3/h4-8H,1-3H3,(H2,16,17). The van der Waals surface area contributed by atoms with Crippen molar-refractivity contribution in [2.24, 2.45) is 0 Å². The minimum absolute atomic E-state index is 0.244. The van der Waals surface area contributed by atoms with Crippen LogP contribution in [0.1, 0.15) is 10.4 Å². The van der Waals surface area contributed by atoms with Crippen LogP contribution < -0.4 is 15.2 Å². The van der Waals surface area contributed by atoms with E-state index in [4.69, 9.17) is 19.9 Å². The number of pyridine rings is 1. The van der Waals surface area contributed by atoms with Crippen molar-refractivity contribution < 1.29 is 19.0 Å². The van der Waals surface area contributed by atoms with E-state index in [9.17, 15) is 4.79 Å². The largest absolute Gasteiger partial charge is 0.497 e. The van der Waals surface area contributed by atoms with E-state index in [1.807, 2.05) is 0 Å². The van der Waals surface area contributed by atoms with Gasteiger partial charge in [-0.1, -0.05) is 0 Å². The third kappa shape index (κ3) is 3.05. The molecular weight excluding hydrogens is 272 g/mol. The molecule has 0 unspecified atom stereocenters. The van der Waals surface area contributed by atoms with Crippen LogP contribution in [-0.2, 0) is 4.74 Å². The van der Waals surface area contributed by atoms with Gasteiger partial charge in [-0.25, -0.2) is 9.78 Å². The lowest BCUT2D eigenvalue weighted by molar-refractivity contribution is 0.0601. The second-order valence-corrected chi connectivity index (χ2v) is 4.25. The topological polar surface area (TPSA) is 83.7 Å². The van der Waals surface area contributed by atoms with Crippen molar-refractivity contribution in [1.29, 1.82) is 0 Å². The maximum atomic E-state index is 11.9. The summed E-state index contributed by atoms with van der Waals surface area (Å²) in [4.78, 5) is 15.9. The molecule has 110 valence electrons. The third-order valence-electron chi connectivity index (χ3n) is 2.99. The Bertz CT molecular complexity index is 648. The normalized spacial score (nSPS) is 10.0. The summed E-state index contributed by atoms with van der Waals surface area (Å²) in [7, 11) is 4.43. The van der Waals surface area contributed by atoms with E-state index in [0.717, 1.165) is 5.56 Å². The summed E-state index contributed by atoms with van der Waals surface area (Å²) < 4.78 is 15.2. The predicted octanol–water partition coefficient (Wildman–Crippen LogP) is 2.13. The van der Waals surface area contributed by atoms with Crippen molar-refractivity contribution in [1.82, 2.24) is 4.98 Å². The predicted molar refractivity (Wildman–Crippen MR) is 78.5 cm³/mol. The number of carbonyl (C=O) groups is 1. The van der Waals surface area contributed by atoms with E-state index in [2.05, 4.69) is 4.98 Å². The molecule has 0 fully saturated rings. The number of benzene rings is 1. The van der Waals surface area contributed by atoms with Gasteiger partial charge in [0.15, 0.2) is 0 Å². The molecule has 0 aliphatic heterocycles. The van der Waals surface area contributed by atoms with Gasteiger partial charge in [0, 0.05) is 17.8 Å². The molecule has 1 aromatic heterocycles. The lowest BCUT2D eigenvalue weighted by Crippen LogP contribution is -2.06. The first kappa shape index (κ1) is 14.6. The number of anilines is 1. The number of nitrogens with zero attached hydrogens (tertiary/aromatic N) is 1. The zero-order valence-electron chi connectivity index (χ0n) is 12.0. The SMILES string of the molecule is COC(=O)c1cc(N)ncc1-c1cc(OC)cc(OC)c1. The number of methoxy groups -OCH3 is 3. The van der Waals surface area contributed by atoms with Gasteiger partial charge in [0.1, 0.15) is 17.3 Å². The Labute approximate surface area is 122 Å². The van der Waals surface area contributed by atoms with Crippen molar-refractivity contribution in [3.8, 4) is 22.6 Å². The Morgan fingerprint density at radius 2 is 1.67 bits per heavy atom. The minimum atomic E-state index is -0.485. The number of ether oxygens (including phenoxy) is 3. The summed E-state index contributed by atoms with van der Waals surface area (Å²) in [5.41, 5.74) is 7.29. The van der Waals surface area contributed by atoms with Crippen LogP contribution in [0.5, 0.6) is 11.5 Å². The first-order valence-electron chi connectivity index (χ1n) is 6.16. The Morgan fingerprint density at radius 3 is 2.19 bits per heavy atom. The fourth-order valence-corrected chi connectivity index (χ4v) is 1.94. The molecule has 0 saturated carbocycles. The molecule has 2 aromatic rings. The fraction of sp³-hybridized carbons (Fsp3) is 0.200. The van der Waals surface area contributed by atoms with Crippen molar-refractivity contribution >= 4 is 11.8 Å². The highest BCUT2D eigenvalue weighted by Gasteiger charge is 2.16. The van der Waals surface area contributed by atoms with Gasteiger partial charge >= 0.3 is 5.97 Å². The zero-order chi connectivity index (χ0) is 15.4. The van der Waals surface area contributed by atoms with Crippen LogP contribution in [0.25, 0.3) is 11.1 Å². The Kier molecular flexibility index (Phi) is 4.27. The van der Waals surface area contributed by atoms with Gasteiger partial charge in [-0.2, -0.15) is 0 Å². The van der Waals surface area contributed by atoms with E-state index in [0.29, 0.717) is 22.6 Å². The van der Waals surface area contributed by atoms with Crippen LogP contribution in [-0.4, -0.2) is 32.3 Å². The van der Waals surface area contributed by atoms with Gasteiger partial charge in [0.25, 0.3) is 0 Å². The van der Waals surface area contributed by atoms with Crippen molar-refractivity contribution in [2.75, 3.05) is 27.1 Å². The third-order valence-corrected chi connectivity index (χ3v) is 2.99. The highest BCUT2D eigenvalue weighted by molar-refractivity contribution is 5.98. The monoisotopic (exact) mass is 288 g/mol. The molecule has 0 spiro atoms. The molecule has 0 saturated heterocycles. The molecule has 1 heterocycles. The average molecular weight is 288 g/mol. The van der Waals surface area contributed by atoms with Crippen molar-refractivity contribution in [3.63, 3.8) is 0 Å². The van der Waals surface area contributed by atoms with E-state index in [1.165, 1.54) is 19.4 Å². The molecule has 0 aliphatic rings. The molecule has 1 aromatic carbocycles. The van der Waals surface area contributed by atoms with Gasteiger partial charge in [-0.15, -0.1) is 0 Å². The molecule has 2 rings (SSSR count). The lowest BCUT2D eigenvalue weighted by Gasteiger charge is -2.11. The maximum absolute atomic E-state index is 11.9. The molecule has 0 radical (unpaired) electrons. The van der Waals surface area contributed by atoms with Crippen molar-refractivity contribution in [2.45, 2.75) is 0 Å². The lowest BCUT2D eigenvalue weighted by atomic mass is 10.0. The molecule has 0 bridgehead atoms. The minimum Gasteiger partial charge on any atom is -0.497 e. The number of rotatable bonds is 4. The summed E-state index contributed by atoms with van der Waals surface area (Å²) in [5, 5.41) is 0. The molecule has 2 N–H and O–H groups in total. The maximum Gasteiger partial charge on any atom is 0.338 e. The van der Waals surface area contributed by atoms with Crippen LogP contribution in [0.15, 0.2) is 30.5 Å². The smallest absolute Gasteiger partial charge is 0.338 e. The summed E-state index contributed by atoms with van der Waals surface area (Å²) in [5.74, 6) is 0.976. The number of nitrogen functional groups attached to an aromatic ring is 1. The Hall–Kier alpha value is -2.76. The summed E-state index contributed by atoms with van der Waals surface area (Å²) in [6.45, 7) is 0. The Balaban J connectivity index is 2.63. The van der Waals surface area contributed by atoms with Crippen LogP contribution in [0.4, 0.5) is 5.82 Å². The molecule has 0 amide bonds. The summed E-state index contributed by atoms with van der Waals surface area (Å²) in [6, 6.07) is 6.78. The average Bonchev–Trinajstić information content (AvgIpc) is 2.53.